The van der Waals surface area contributed by atoms with Gasteiger partial charge >= 0.3 is 0 Å². The van der Waals surface area contributed by atoms with Crippen molar-refractivity contribution >= 4 is 17.4 Å². The zero-order valence-corrected chi connectivity index (χ0v) is 20.2. The van der Waals surface area contributed by atoms with Crippen LogP contribution in [0.2, 0.25) is 0 Å². The van der Waals surface area contributed by atoms with Crippen molar-refractivity contribution in [3.63, 3.8) is 0 Å². The maximum atomic E-state index is 14.4. The van der Waals surface area contributed by atoms with Gasteiger partial charge in [0, 0.05) is 34.9 Å². The number of anilines is 1. The molecule has 2 heterocycles. The Labute approximate surface area is 213 Å². The molecule has 7 heteroatoms. The number of para-hydroxylation sites is 1. The van der Waals surface area contributed by atoms with Crippen LogP contribution in [-0.2, 0) is 9.59 Å². The minimum absolute atomic E-state index is 0.0195. The Morgan fingerprint density at radius 3 is 2.51 bits per heavy atom. The molecule has 0 bridgehead atoms. The van der Waals surface area contributed by atoms with Crippen LogP contribution in [0.15, 0.2) is 95.3 Å². The summed E-state index contributed by atoms with van der Waals surface area (Å²) >= 11 is 0. The molecule has 2 aliphatic heterocycles. The third-order valence-electron chi connectivity index (χ3n) is 7.20. The van der Waals surface area contributed by atoms with Gasteiger partial charge in [0.05, 0.1) is 5.69 Å². The normalized spacial score (nSPS) is 20.4. The summed E-state index contributed by atoms with van der Waals surface area (Å²) in [6, 6.07) is 21.5. The molecular formula is C30H25FN2O4. The van der Waals surface area contributed by atoms with Crippen LogP contribution < -0.4 is 20.1 Å². The van der Waals surface area contributed by atoms with Crippen molar-refractivity contribution < 1.29 is 23.5 Å². The highest BCUT2D eigenvalue weighted by Gasteiger charge is 2.41. The van der Waals surface area contributed by atoms with Crippen LogP contribution in [0.5, 0.6) is 11.5 Å². The first-order chi connectivity index (χ1) is 18.0. The molecule has 3 aliphatic rings. The van der Waals surface area contributed by atoms with Crippen molar-refractivity contribution in [3.05, 3.63) is 112 Å². The second kappa shape index (κ2) is 9.24. The summed E-state index contributed by atoms with van der Waals surface area (Å²) in [7, 11) is 0. The minimum Gasteiger partial charge on any atom is -0.454 e. The molecule has 0 aromatic heterocycles. The van der Waals surface area contributed by atoms with Crippen LogP contribution in [0.1, 0.15) is 42.7 Å². The molecule has 1 amide bonds. The van der Waals surface area contributed by atoms with Crippen molar-refractivity contribution in [2.45, 2.75) is 31.6 Å². The molecule has 2 N–H and O–H groups in total. The second-order valence-electron chi connectivity index (χ2n) is 9.47. The Kier molecular flexibility index (Phi) is 5.75. The number of ether oxygens (including phenoxy) is 2. The van der Waals surface area contributed by atoms with Crippen LogP contribution in [-0.4, -0.2) is 18.5 Å². The van der Waals surface area contributed by atoms with Gasteiger partial charge in [-0.1, -0.05) is 48.5 Å². The van der Waals surface area contributed by atoms with Gasteiger partial charge in [-0.15, -0.1) is 0 Å². The van der Waals surface area contributed by atoms with Gasteiger partial charge < -0.3 is 20.1 Å². The van der Waals surface area contributed by atoms with Gasteiger partial charge in [0.2, 0.25) is 6.79 Å². The SMILES string of the molecule is CC1=C(C(=O)Nc2ccccc2F)C(c2ccc3c(c2)OCO3)C2=C(CC(c3ccccc3)CC2=O)N1. The Morgan fingerprint density at radius 1 is 0.946 bits per heavy atom. The summed E-state index contributed by atoms with van der Waals surface area (Å²) in [5.74, 6) is -0.437. The van der Waals surface area contributed by atoms with Crippen molar-refractivity contribution in [3.8, 4) is 11.5 Å². The second-order valence-corrected chi connectivity index (χ2v) is 9.47. The molecule has 6 nitrogen and oxygen atoms in total. The van der Waals surface area contributed by atoms with Gasteiger partial charge in [-0.25, -0.2) is 4.39 Å². The monoisotopic (exact) mass is 496 g/mol. The van der Waals surface area contributed by atoms with Gasteiger partial charge in [0.25, 0.3) is 5.91 Å². The van der Waals surface area contributed by atoms with Crippen molar-refractivity contribution in [2.24, 2.45) is 0 Å². The first kappa shape index (κ1) is 23.0. The van der Waals surface area contributed by atoms with E-state index in [0.29, 0.717) is 41.2 Å². The van der Waals surface area contributed by atoms with Crippen LogP contribution in [0, 0.1) is 5.82 Å². The number of carbonyl (C=O) groups excluding carboxylic acids is 2. The lowest BCUT2D eigenvalue weighted by atomic mass is 9.71. The molecule has 0 radical (unpaired) electrons. The lowest BCUT2D eigenvalue weighted by molar-refractivity contribution is -0.116. The molecule has 0 saturated heterocycles. The summed E-state index contributed by atoms with van der Waals surface area (Å²) < 4.78 is 25.4. The van der Waals surface area contributed by atoms with Crippen LogP contribution in [0.4, 0.5) is 10.1 Å². The van der Waals surface area contributed by atoms with E-state index in [9.17, 15) is 14.0 Å². The van der Waals surface area contributed by atoms with E-state index in [-0.39, 0.29) is 24.2 Å². The molecule has 37 heavy (non-hydrogen) atoms. The van der Waals surface area contributed by atoms with Crippen LogP contribution in [0.3, 0.4) is 0 Å². The van der Waals surface area contributed by atoms with Crippen molar-refractivity contribution in [1.29, 1.82) is 0 Å². The molecule has 0 spiro atoms. The Balaban J connectivity index is 1.43. The molecule has 3 aromatic rings. The number of hydrogen-bond donors (Lipinski definition) is 2. The number of nitrogens with one attached hydrogen (secondary N) is 2. The molecule has 1 aliphatic carbocycles. The molecule has 186 valence electrons. The van der Waals surface area contributed by atoms with Gasteiger partial charge in [0.1, 0.15) is 5.82 Å². The van der Waals surface area contributed by atoms with Crippen molar-refractivity contribution in [1.82, 2.24) is 5.32 Å². The zero-order valence-electron chi connectivity index (χ0n) is 20.2. The summed E-state index contributed by atoms with van der Waals surface area (Å²) in [5.41, 5.74) is 4.29. The van der Waals surface area contributed by atoms with E-state index >= 15 is 0 Å². The molecular weight excluding hydrogens is 471 g/mol. The quantitative estimate of drug-likeness (QED) is 0.495. The van der Waals surface area contributed by atoms with E-state index in [1.54, 1.807) is 18.2 Å². The molecule has 0 fully saturated rings. The predicted molar refractivity (Wildman–Crippen MR) is 137 cm³/mol. The van der Waals surface area contributed by atoms with Crippen molar-refractivity contribution in [2.75, 3.05) is 12.1 Å². The largest absolute Gasteiger partial charge is 0.454 e. The average Bonchev–Trinajstić information content (AvgIpc) is 3.37. The number of carbonyl (C=O) groups is 2. The molecule has 6 rings (SSSR count). The minimum atomic E-state index is -0.637. The number of benzene rings is 3. The molecule has 2 unspecified atom stereocenters. The van der Waals surface area contributed by atoms with E-state index < -0.39 is 17.6 Å². The smallest absolute Gasteiger partial charge is 0.254 e. The Hall–Kier alpha value is -4.39. The standard InChI is InChI=1S/C30H25FN2O4/c1-17-27(30(35)33-22-10-6-5-9-21(22)31)28(19-11-12-25-26(15-19)37-16-36-25)29-23(32-17)13-20(14-24(29)34)18-7-3-2-4-8-18/h2-12,15,20,28,32H,13-14,16H2,1H3,(H,33,35). The Morgan fingerprint density at radius 2 is 1.70 bits per heavy atom. The summed E-state index contributed by atoms with van der Waals surface area (Å²) in [6.45, 7) is 1.93. The molecule has 2 atom stereocenters. The maximum absolute atomic E-state index is 14.4. The number of allylic oxidation sites excluding steroid dienone is 3. The van der Waals surface area contributed by atoms with E-state index in [1.165, 1.54) is 12.1 Å². The third-order valence-corrected chi connectivity index (χ3v) is 7.20. The van der Waals surface area contributed by atoms with Gasteiger partial charge in [-0.05, 0) is 54.7 Å². The predicted octanol–water partition coefficient (Wildman–Crippen LogP) is 5.55. The fourth-order valence-corrected chi connectivity index (χ4v) is 5.48. The van der Waals surface area contributed by atoms with E-state index in [4.69, 9.17) is 9.47 Å². The zero-order chi connectivity index (χ0) is 25.5. The highest BCUT2D eigenvalue weighted by atomic mass is 19.1. The number of fused-ring (bicyclic) bond motifs is 1. The fraction of sp³-hybridized carbons (Fsp3) is 0.200. The van der Waals surface area contributed by atoms with E-state index in [1.807, 2.05) is 49.4 Å². The Bertz CT molecular complexity index is 1480. The fourth-order valence-electron chi connectivity index (χ4n) is 5.48. The average molecular weight is 497 g/mol. The van der Waals surface area contributed by atoms with Crippen LogP contribution >= 0.6 is 0 Å². The number of Topliss-reactive ketones (excluding diaryl/α,β-unsaturated/α-hetero) is 1. The number of halogens is 1. The van der Waals surface area contributed by atoms with Gasteiger partial charge in [-0.3, -0.25) is 9.59 Å². The molecule has 0 saturated carbocycles. The summed E-state index contributed by atoms with van der Waals surface area (Å²) in [6.07, 6.45) is 0.985. The van der Waals surface area contributed by atoms with E-state index in [0.717, 1.165) is 16.8 Å². The lowest BCUT2D eigenvalue weighted by Gasteiger charge is -2.37. The topological polar surface area (TPSA) is 76.7 Å². The highest BCUT2D eigenvalue weighted by molar-refractivity contribution is 6.10. The van der Waals surface area contributed by atoms with Gasteiger partial charge in [0.15, 0.2) is 17.3 Å². The lowest BCUT2D eigenvalue weighted by Crippen LogP contribution is -2.37. The number of hydrogen-bond acceptors (Lipinski definition) is 5. The van der Waals surface area contributed by atoms with Crippen LogP contribution in [0.25, 0.3) is 0 Å². The highest BCUT2D eigenvalue weighted by Crippen LogP contribution is 2.47. The maximum Gasteiger partial charge on any atom is 0.254 e. The number of rotatable bonds is 4. The first-order valence-corrected chi connectivity index (χ1v) is 12.2. The van der Waals surface area contributed by atoms with E-state index in [2.05, 4.69) is 10.6 Å². The summed E-state index contributed by atoms with van der Waals surface area (Å²) in [5, 5.41) is 6.07. The number of amides is 1. The van der Waals surface area contributed by atoms with Gasteiger partial charge in [-0.2, -0.15) is 0 Å². The number of ketones is 1. The summed E-state index contributed by atoms with van der Waals surface area (Å²) in [4.78, 5) is 27.4. The molecule has 3 aromatic carbocycles. The number of dihydropyridines is 1. The first-order valence-electron chi connectivity index (χ1n) is 12.2. The third kappa shape index (κ3) is 4.16.